The van der Waals surface area contributed by atoms with Crippen molar-refractivity contribution in [3.8, 4) is 5.88 Å². The first-order valence-corrected chi connectivity index (χ1v) is 8.42. The largest absolute Gasteiger partial charge is 0.474 e. The van der Waals surface area contributed by atoms with Crippen LogP contribution < -0.4 is 10.1 Å². The highest BCUT2D eigenvalue weighted by atomic mass is 16.5. The van der Waals surface area contributed by atoms with Crippen LogP contribution in [0.1, 0.15) is 57.7 Å². The highest BCUT2D eigenvalue weighted by Crippen LogP contribution is 2.31. The number of aryl methyl sites for hydroxylation is 1. The monoisotopic (exact) mass is 290 g/mol. The van der Waals surface area contributed by atoms with Gasteiger partial charge in [-0.15, -0.1) is 0 Å². The first kappa shape index (κ1) is 16.3. The molecule has 118 valence electrons. The van der Waals surface area contributed by atoms with E-state index in [2.05, 4.69) is 44.1 Å². The van der Waals surface area contributed by atoms with E-state index in [1.807, 2.05) is 6.07 Å². The van der Waals surface area contributed by atoms with E-state index in [1.54, 1.807) is 0 Å². The van der Waals surface area contributed by atoms with Crippen LogP contribution in [0.25, 0.3) is 0 Å². The molecule has 1 saturated carbocycles. The Hall–Kier alpha value is -1.09. The number of aromatic nitrogens is 1. The van der Waals surface area contributed by atoms with E-state index in [-0.39, 0.29) is 0 Å². The van der Waals surface area contributed by atoms with Crippen molar-refractivity contribution in [1.29, 1.82) is 0 Å². The minimum absolute atomic E-state index is 0.333. The second-order valence-electron chi connectivity index (χ2n) is 6.73. The number of nitrogens with zero attached hydrogens (tertiary/aromatic N) is 1. The molecule has 0 aromatic carbocycles. The Labute approximate surface area is 129 Å². The molecule has 0 aliphatic heterocycles. The molecule has 2 rings (SSSR count). The number of hydrogen-bond donors (Lipinski definition) is 1. The molecule has 0 spiro atoms. The summed E-state index contributed by atoms with van der Waals surface area (Å²) in [7, 11) is 0. The molecule has 1 aliphatic rings. The van der Waals surface area contributed by atoms with Gasteiger partial charge in [0.25, 0.3) is 0 Å². The number of hydrogen-bond acceptors (Lipinski definition) is 3. The van der Waals surface area contributed by atoms with Crippen molar-refractivity contribution in [2.24, 2.45) is 11.8 Å². The minimum Gasteiger partial charge on any atom is -0.474 e. The van der Waals surface area contributed by atoms with Crippen LogP contribution in [0.2, 0.25) is 0 Å². The van der Waals surface area contributed by atoms with Gasteiger partial charge < -0.3 is 10.1 Å². The van der Waals surface area contributed by atoms with Crippen molar-refractivity contribution in [1.82, 2.24) is 10.3 Å². The highest BCUT2D eigenvalue weighted by molar-refractivity contribution is 5.25. The van der Waals surface area contributed by atoms with E-state index in [1.165, 1.54) is 12.0 Å². The summed E-state index contributed by atoms with van der Waals surface area (Å²) in [6.45, 7) is 10.9. The predicted molar refractivity (Wildman–Crippen MR) is 87.6 cm³/mol. The van der Waals surface area contributed by atoms with Gasteiger partial charge in [0.15, 0.2) is 0 Å². The third-order valence-electron chi connectivity index (χ3n) is 4.33. The second-order valence-corrected chi connectivity index (χ2v) is 6.73. The molecule has 0 bridgehead atoms. The zero-order valence-corrected chi connectivity index (χ0v) is 14.0. The lowest BCUT2D eigenvalue weighted by Gasteiger charge is -2.31. The average molecular weight is 290 g/mol. The van der Waals surface area contributed by atoms with Crippen LogP contribution in [-0.4, -0.2) is 17.6 Å². The van der Waals surface area contributed by atoms with Crippen molar-refractivity contribution < 1.29 is 4.74 Å². The molecule has 21 heavy (non-hydrogen) atoms. The minimum atomic E-state index is 0.333. The maximum atomic E-state index is 6.13. The van der Waals surface area contributed by atoms with Gasteiger partial charge in [-0.3, -0.25) is 0 Å². The quantitative estimate of drug-likeness (QED) is 0.801. The second kappa shape index (κ2) is 7.79. The molecule has 1 aliphatic carbocycles. The molecule has 2 unspecified atom stereocenters. The lowest BCUT2D eigenvalue weighted by molar-refractivity contribution is 0.0965. The van der Waals surface area contributed by atoms with Crippen LogP contribution in [-0.2, 0) is 6.54 Å². The van der Waals surface area contributed by atoms with Crippen LogP contribution in [0.15, 0.2) is 12.1 Å². The zero-order valence-electron chi connectivity index (χ0n) is 14.0. The lowest BCUT2D eigenvalue weighted by atomic mass is 9.82. The first-order valence-electron chi connectivity index (χ1n) is 8.42. The molecule has 2 atom stereocenters. The summed E-state index contributed by atoms with van der Waals surface area (Å²) in [6.07, 6.45) is 5.13. The SMILES string of the molecule is CCCNCc1ccc(OC2CC(C)CC(C)C2)nc1C. The van der Waals surface area contributed by atoms with Crippen LogP contribution in [0.5, 0.6) is 5.88 Å². The molecule has 3 heteroatoms. The molecule has 1 N–H and O–H groups in total. The summed E-state index contributed by atoms with van der Waals surface area (Å²) in [4.78, 5) is 4.63. The Bertz CT molecular complexity index is 437. The topological polar surface area (TPSA) is 34.1 Å². The zero-order chi connectivity index (χ0) is 15.2. The summed E-state index contributed by atoms with van der Waals surface area (Å²) in [6, 6.07) is 4.18. The van der Waals surface area contributed by atoms with Crippen molar-refractivity contribution in [2.45, 2.75) is 66.0 Å². The fraction of sp³-hybridized carbons (Fsp3) is 0.722. The maximum Gasteiger partial charge on any atom is 0.213 e. The smallest absolute Gasteiger partial charge is 0.213 e. The Morgan fingerprint density at radius 2 is 1.90 bits per heavy atom. The van der Waals surface area contributed by atoms with Gasteiger partial charge in [0, 0.05) is 18.3 Å². The lowest BCUT2D eigenvalue weighted by Crippen LogP contribution is -2.28. The van der Waals surface area contributed by atoms with Crippen LogP contribution in [0, 0.1) is 18.8 Å². The molecule has 1 heterocycles. The Balaban J connectivity index is 1.93. The number of ether oxygens (including phenoxy) is 1. The fourth-order valence-electron chi connectivity index (χ4n) is 3.36. The van der Waals surface area contributed by atoms with E-state index in [0.717, 1.165) is 55.8 Å². The summed E-state index contributed by atoms with van der Waals surface area (Å²) >= 11 is 0. The van der Waals surface area contributed by atoms with Crippen molar-refractivity contribution in [2.75, 3.05) is 6.54 Å². The molecule has 3 nitrogen and oxygen atoms in total. The van der Waals surface area contributed by atoms with Crippen molar-refractivity contribution in [3.63, 3.8) is 0 Å². The maximum absolute atomic E-state index is 6.13. The molecule has 1 fully saturated rings. The van der Waals surface area contributed by atoms with Crippen LogP contribution in [0.3, 0.4) is 0 Å². The van der Waals surface area contributed by atoms with E-state index >= 15 is 0 Å². The number of rotatable bonds is 6. The summed E-state index contributed by atoms with van der Waals surface area (Å²) in [5.41, 5.74) is 2.34. The number of pyridine rings is 1. The predicted octanol–water partition coefficient (Wildman–Crippen LogP) is 4.09. The molecule has 0 saturated heterocycles. The van der Waals surface area contributed by atoms with Gasteiger partial charge in [0.05, 0.1) is 0 Å². The van der Waals surface area contributed by atoms with E-state index in [4.69, 9.17) is 4.74 Å². The fourth-order valence-corrected chi connectivity index (χ4v) is 3.36. The van der Waals surface area contributed by atoms with Crippen LogP contribution in [0.4, 0.5) is 0 Å². The van der Waals surface area contributed by atoms with Crippen LogP contribution >= 0.6 is 0 Å². The molecule has 0 radical (unpaired) electrons. The van der Waals surface area contributed by atoms with E-state index < -0.39 is 0 Å². The van der Waals surface area contributed by atoms with Gasteiger partial charge in [-0.25, -0.2) is 4.98 Å². The number of nitrogens with one attached hydrogen (secondary N) is 1. The third kappa shape index (κ3) is 4.99. The summed E-state index contributed by atoms with van der Waals surface area (Å²) in [5, 5.41) is 3.42. The Morgan fingerprint density at radius 1 is 1.19 bits per heavy atom. The van der Waals surface area contributed by atoms with E-state index in [9.17, 15) is 0 Å². The summed E-state index contributed by atoms with van der Waals surface area (Å²) in [5.74, 6) is 2.31. The van der Waals surface area contributed by atoms with Gasteiger partial charge in [-0.2, -0.15) is 0 Å². The van der Waals surface area contributed by atoms with Gasteiger partial charge in [0.2, 0.25) is 5.88 Å². The standard InChI is InChI=1S/C18H30N2O/c1-5-8-19-12-16-6-7-18(20-15(16)4)21-17-10-13(2)9-14(3)11-17/h6-7,13-14,17,19H,5,8-12H2,1-4H3. The van der Waals surface area contributed by atoms with Gasteiger partial charge in [-0.1, -0.05) is 26.8 Å². The Kier molecular flexibility index (Phi) is 6.04. The van der Waals surface area contributed by atoms with E-state index in [0.29, 0.717) is 6.10 Å². The molecular weight excluding hydrogens is 260 g/mol. The average Bonchev–Trinajstić information content (AvgIpc) is 2.40. The summed E-state index contributed by atoms with van der Waals surface area (Å²) < 4.78 is 6.13. The molecule has 1 aromatic rings. The Morgan fingerprint density at radius 3 is 2.52 bits per heavy atom. The highest BCUT2D eigenvalue weighted by Gasteiger charge is 2.25. The third-order valence-corrected chi connectivity index (χ3v) is 4.33. The van der Waals surface area contributed by atoms with Gasteiger partial charge >= 0.3 is 0 Å². The van der Waals surface area contributed by atoms with Crippen molar-refractivity contribution in [3.05, 3.63) is 23.4 Å². The first-order chi connectivity index (χ1) is 10.1. The molecular formula is C18H30N2O. The van der Waals surface area contributed by atoms with Crippen molar-refractivity contribution >= 4 is 0 Å². The normalized spacial score (nSPS) is 25.8. The molecule has 1 aromatic heterocycles. The molecule has 0 amide bonds. The van der Waals surface area contributed by atoms with Gasteiger partial charge in [-0.05, 0) is 56.6 Å². The van der Waals surface area contributed by atoms with Gasteiger partial charge in [0.1, 0.15) is 6.10 Å².